The third-order valence-electron chi connectivity index (χ3n) is 3.71. The van der Waals surface area contributed by atoms with Gasteiger partial charge in [0.25, 0.3) is 0 Å². The van der Waals surface area contributed by atoms with Gasteiger partial charge < -0.3 is 15.0 Å². The number of aliphatic hydroxyl groups excluding tert-OH is 1. The van der Waals surface area contributed by atoms with Crippen molar-refractivity contribution in [3.8, 4) is 0 Å². The predicted molar refractivity (Wildman–Crippen MR) is 70.6 cm³/mol. The zero-order valence-electron chi connectivity index (χ0n) is 10.3. The normalized spacial score (nSPS) is 16.5. The summed E-state index contributed by atoms with van der Waals surface area (Å²) in [6.07, 6.45) is 8.40. The standard InChI is InChI=1S/C13H18N4O/c18-8-7-17(10-3-1-2-4-10)13-11-5-6-14-12(11)15-9-16-13/h5-6,9-10,18H,1-4,7-8H2,(H,14,15,16). The molecule has 0 amide bonds. The van der Waals surface area contributed by atoms with Crippen molar-refractivity contribution >= 4 is 16.9 Å². The van der Waals surface area contributed by atoms with Crippen LogP contribution in [-0.4, -0.2) is 39.3 Å². The van der Waals surface area contributed by atoms with Crippen molar-refractivity contribution in [2.45, 2.75) is 31.7 Å². The Bertz CT molecular complexity index is 518. The summed E-state index contributed by atoms with van der Waals surface area (Å²) in [4.78, 5) is 14.0. The van der Waals surface area contributed by atoms with Gasteiger partial charge in [-0.15, -0.1) is 0 Å². The van der Waals surface area contributed by atoms with Crippen molar-refractivity contribution in [3.05, 3.63) is 18.6 Å². The van der Waals surface area contributed by atoms with E-state index in [1.807, 2.05) is 12.3 Å². The lowest BCUT2D eigenvalue weighted by Gasteiger charge is -2.29. The second-order valence-corrected chi connectivity index (χ2v) is 4.79. The molecule has 0 spiro atoms. The molecule has 0 radical (unpaired) electrons. The van der Waals surface area contributed by atoms with E-state index in [0.29, 0.717) is 12.6 Å². The van der Waals surface area contributed by atoms with Crippen LogP contribution in [0.5, 0.6) is 0 Å². The first kappa shape index (κ1) is 11.5. The molecule has 0 aromatic carbocycles. The molecule has 2 aromatic heterocycles. The number of nitrogens with one attached hydrogen (secondary N) is 1. The van der Waals surface area contributed by atoms with Crippen LogP contribution in [0.15, 0.2) is 18.6 Å². The van der Waals surface area contributed by atoms with E-state index in [4.69, 9.17) is 0 Å². The molecule has 2 aromatic rings. The Labute approximate surface area is 106 Å². The molecule has 0 atom stereocenters. The Morgan fingerprint density at radius 3 is 2.94 bits per heavy atom. The first-order valence-corrected chi connectivity index (χ1v) is 6.56. The Kier molecular flexibility index (Phi) is 3.15. The van der Waals surface area contributed by atoms with Gasteiger partial charge in [0.05, 0.1) is 12.0 Å². The van der Waals surface area contributed by atoms with Gasteiger partial charge in [-0.2, -0.15) is 0 Å². The van der Waals surface area contributed by atoms with Gasteiger partial charge in [-0.3, -0.25) is 0 Å². The van der Waals surface area contributed by atoms with E-state index in [9.17, 15) is 5.11 Å². The summed E-state index contributed by atoms with van der Waals surface area (Å²) in [5.41, 5.74) is 0.862. The zero-order valence-corrected chi connectivity index (χ0v) is 10.3. The zero-order chi connectivity index (χ0) is 12.4. The number of rotatable bonds is 4. The molecule has 2 heterocycles. The minimum Gasteiger partial charge on any atom is -0.395 e. The summed E-state index contributed by atoms with van der Waals surface area (Å²) in [6.45, 7) is 0.800. The summed E-state index contributed by atoms with van der Waals surface area (Å²) >= 11 is 0. The summed E-state index contributed by atoms with van der Waals surface area (Å²) in [5, 5.41) is 10.3. The van der Waals surface area contributed by atoms with Gasteiger partial charge in [0.1, 0.15) is 17.8 Å². The average molecular weight is 246 g/mol. The van der Waals surface area contributed by atoms with Crippen molar-refractivity contribution in [1.29, 1.82) is 0 Å². The van der Waals surface area contributed by atoms with Crippen molar-refractivity contribution in [2.24, 2.45) is 0 Å². The molecule has 1 fully saturated rings. The fourth-order valence-electron chi connectivity index (χ4n) is 2.87. The van der Waals surface area contributed by atoms with E-state index < -0.39 is 0 Å². The quantitative estimate of drug-likeness (QED) is 0.861. The molecule has 0 saturated heterocycles. The van der Waals surface area contributed by atoms with Gasteiger partial charge in [-0.1, -0.05) is 12.8 Å². The lowest BCUT2D eigenvalue weighted by atomic mass is 10.2. The van der Waals surface area contributed by atoms with Crippen LogP contribution >= 0.6 is 0 Å². The largest absolute Gasteiger partial charge is 0.395 e. The number of aromatic amines is 1. The number of nitrogens with zero attached hydrogens (tertiary/aromatic N) is 3. The van der Waals surface area contributed by atoms with Crippen LogP contribution in [0.1, 0.15) is 25.7 Å². The summed E-state index contributed by atoms with van der Waals surface area (Å²) in [5.74, 6) is 0.946. The second kappa shape index (κ2) is 4.94. The highest BCUT2D eigenvalue weighted by atomic mass is 16.3. The number of aromatic nitrogens is 3. The van der Waals surface area contributed by atoms with E-state index in [1.165, 1.54) is 25.7 Å². The Balaban J connectivity index is 2.00. The molecule has 2 N–H and O–H groups in total. The van der Waals surface area contributed by atoms with Gasteiger partial charge in [-0.05, 0) is 18.9 Å². The van der Waals surface area contributed by atoms with Gasteiger partial charge in [0.2, 0.25) is 0 Å². The molecule has 1 aliphatic carbocycles. The van der Waals surface area contributed by atoms with E-state index in [2.05, 4.69) is 19.9 Å². The number of hydrogen-bond donors (Lipinski definition) is 2. The molecule has 0 aliphatic heterocycles. The highest BCUT2D eigenvalue weighted by Crippen LogP contribution is 2.30. The number of aliphatic hydroxyl groups is 1. The van der Waals surface area contributed by atoms with Crippen LogP contribution in [0.4, 0.5) is 5.82 Å². The summed E-state index contributed by atoms with van der Waals surface area (Å²) in [6, 6.07) is 2.51. The lowest BCUT2D eigenvalue weighted by molar-refractivity contribution is 0.297. The maximum Gasteiger partial charge on any atom is 0.142 e. The van der Waals surface area contributed by atoms with Gasteiger partial charge in [0, 0.05) is 18.8 Å². The average Bonchev–Trinajstić information content (AvgIpc) is 3.06. The maximum atomic E-state index is 9.29. The minimum absolute atomic E-state index is 0.159. The van der Waals surface area contributed by atoms with E-state index in [-0.39, 0.29) is 6.61 Å². The van der Waals surface area contributed by atoms with Crippen LogP contribution in [0.2, 0.25) is 0 Å². The van der Waals surface area contributed by atoms with Crippen LogP contribution < -0.4 is 4.90 Å². The smallest absolute Gasteiger partial charge is 0.142 e. The fraction of sp³-hybridized carbons (Fsp3) is 0.538. The molecule has 1 saturated carbocycles. The van der Waals surface area contributed by atoms with Crippen LogP contribution in [0, 0.1) is 0 Å². The molecular weight excluding hydrogens is 228 g/mol. The predicted octanol–water partition coefficient (Wildman–Crippen LogP) is 1.70. The maximum absolute atomic E-state index is 9.29. The van der Waals surface area contributed by atoms with E-state index >= 15 is 0 Å². The monoisotopic (exact) mass is 246 g/mol. The van der Waals surface area contributed by atoms with Crippen molar-refractivity contribution in [2.75, 3.05) is 18.1 Å². The van der Waals surface area contributed by atoms with Crippen LogP contribution in [0.3, 0.4) is 0 Å². The molecule has 96 valence electrons. The second-order valence-electron chi connectivity index (χ2n) is 4.79. The fourth-order valence-corrected chi connectivity index (χ4v) is 2.87. The Hall–Kier alpha value is -1.62. The van der Waals surface area contributed by atoms with E-state index in [1.54, 1.807) is 6.33 Å². The third-order valence-corrected chi connectivity index (χ3v) is 3.71. The van der Waals surface area contributed by atoms with E-state index in [0.717, 1.165) is 16.9 Å². The first-order valence-electron chi connectivity index (χ1n) is 6.56. The topological polar surface area (TPSA) is 65.0 Å². The number of anilines is 1. The van der Waals surface area contributed by atoms with Crippen LogP contribution in [0.25, 0.3) is 11.0 Å². The molecule has 0 unspecified atom stereocenters. The number of H-pyrrole nitrogens is 1. The summed E-state index contributed by atoms with van der Waals surface area (Å²) < 4.78 is 0. The van der Waals surface area contributed by atoms with Gasteiger partial charge >= 0.3 is 0 Å². The highest BCUT2D eigenvalue weighted by Gasteiger charge is 2.24. The highest BCUT2D eigenvalue weighted by molar-refractivity contribution is 5.87. The molecular formula is C13H18N4O. The Morgan fingerprint density at radius 2 is 2.17 bits per heavy atom. The minimum atomic E-state index is 0.159. The van der Waals surface area contributed by atoms with Crippen LogP contribution in [-0.2, 0) is 0 Å². The molecule has 1 aliphatic rings. The Morgan fingerprint density at radius 1 is 1.33 bits per heavy atom. The van der Waals surface area contributed by atoms with Crippen molar-refractivity contribution in [1.82, 2.24) is 15.0 Å². The molecule has 5 heteroatoms. The molecule has 0 bridgehead atoms. The van der Waals surface area contributed by atoms with Gasteiger partial charge in [-0.25, -0.2) is 9.97 Å². The van der Waals surface area contributed by atoms with Gasteiger partial charge in [0.15, 0.2) is 0 Å². The number of fused-ring (bicyclic) bond motifs is 1. The molecule has 18 heavy (non-hydrogen) atoms. The molecule has 5 nitrogen and oxygen atoms in total. The number of hydrogen-bond acceptors (Lipinski definition) is 4. The lowest BCUT2D eigenvalue weighted by Crippen LogP contribution is -2.36. The van der Waals surface area contributed by atoms with Crippen molar-refractivity contribution < 1.29 is 5.11 Å². The third kappa shape index (κ3) is 1.95. The molecule has 3 rings (SSSR count). The SMILES string of the molecule is OCCN(c1ncnc2[nH]ccc12)C1CCCC1. The first-order chi connectivity index (χ1) is 8.90. The van der Waals surface area contributed by atoms with Crippen molar-refractivity contribution in [3.63, 3.8) is 0 Å². The summed E-state index contributed by atoms with van der Waals surface area (Å²) in [7, 11) is 0.